The van der Waals surface area contributed by atoms with Crippen LogP contribution in [0.1, 0.15) is 25.2 Å². The fourth-order valence-electron chi connectivity index (χ4n) is 1.64. The Morgan fingerprint density at radius 3 is 2.84 bits per heavy atom. The first-order valence-electron chi connectivity index (χ1n) is 6.45. The Kier molecular flexibility index (Phi) is 4.66. The van der Waals surface area contributed by atoms with Gasteiger partial charge in [-0.05, 0) is 18.6 Å². The summed E-state index contributed by atoms with van der Waals surface area (Å²) in [5.74, 6) is 2.17. The van der Waals surface area contributed by atoms with Gasteiger partial charge in [0.05, 0.1) is 6.61 Å². The van der Waals surface area contributed by atoms with E-state index in [4.69, 9.17) is 4.74 Å². The van der Waals surface area contributed by atoms with Crippen molar-refractivity contribution < 1.29 is 4.74 Å². The predicted octanol–water partition coefficient (Wildman–Crippen LogP) is 2.44. The molecule has 0 aliphatic carbocycles. The molecule has 0 bridgehead atoms. The van der Waals surface area contributed by atoms with Crippen molar-refractivity contribution in [2.24, 2.45) is 0 Å². The zero-order chi connectivity index (χ0) is 13.5. The standard InChI is InChI=1S/C14H18N4O/c1-3-12-17-13(8-14(18-12)19-4-2)16-10-11-6-5-7-15-9-11/h5-9H,3-4,10H2,1-2H3,(H,16,17,18). The number of rotatable bonds is 6. The minimum Gasteiger partial charge on any atom is -0.478 e. The Morgan fingerprint density at radius 1 is 1.26 bits per heavy atom. The molecule has 1 N–H and O–H groups in total. The Labute approximate surface area is 113 Å². The van der Waals surface area contributed by atoms with Gasteiger partial charge in [0.25, 0.3) is 0 Å². The highest BCUT2D eigenvalue weighted by Gasteiger charge is 2.04. The molecule has 19 heavy (non-hydrogen) atoms. The molecule has 0 aromatic carbocycles. The normalized spacial score (nSPS) is 10.2. The van der Waals surface area contributed by atoms with Gasteiger partial charge >= 0.3 is 0 Å². The summed E-state index contributed by atoms with van der Waals surface area (Å²) in [4.78, 5) is 12.8. The van der Waals surface area contributed by atoms with E-state index in [2.05, 4.69) is 20.3 Å². The third kappa shape index (κ3) is 3.91. The maximum atomic E-state index is 5.44. The van der Waals surface area contributed by atoms with Crippen molar-refractivity contribution >= 4 is 5.82 Å². The molecule has 2 heterocycles. The van der Waals surface area contributed by atoms with Crippen molar-refractivity contribution in [3.8, 4) is 5.88 Å². The van der Waals surface area contributed by atoms with Crippen LogP contribution in [0.25, 0.3) is 0 Å². The summed E-state index contributed by atoms with van der Waals surface area (Å²) in [7, 11) is 0. The molecule has 0 amide bonds. The van der Waals surface area contributed by atoms with Crippen LogP contribution in [-0.4, -0.2) is 21.6 Å². The summed E-state index contributed by atoms with van der Waals surface area (Å²) < 4.78 is 5.44. The minimum atomic E-state index is 0.599. The average molecular weight is 258 g/mol. The van der Waals surface area contributed by atoms with Crippen LogP contribution < -0.4 is 10.1 Å². The van der Waals surface area contributed by atoms with Crippen LogP contribution in [0.5, 0.6) is 5.88 Å². The van der Waals surface area contributed by atoms with Crippen molar-refractivity contribution in [3.63, 3.8) is 0 Å². The number of hydrogen-bond acceptors (Lipinski definition) is 5. The molecule has 0 aliphatic rings. The number of aromatic nitrogens is 3. The minimum absolute atomic E-state index is 0.599. The second kappa shape index (κ2) is 6.68. The zero-order valence-electron chi connectivity index (χ0n) is 11.3. The number of pyridine rings is 1. The molecule has 2 aromatic heterocycles. The molecule has 0 saturated heterocycles. The first-order chi connectivity index (χ1) is 9.31. The van der Waals surface area contributed by atoms with Gasteiger partial charge in [-0.3, -0.25) is 4.98 Å². The largest absolute Gasteiger partial charge is 0.478 e. The summed E-state index contributed by atoms with van der Waals surface area (Å²) in [5, 5.41) is 3.26. The number of aryl methyl sites for hydroxylation is 1. The Balaban J connectivity index is 2.08. The predicted molar refractivity (Wildman–Crippen MR) is 74.1 cm³/mol. The molecule has 2 aromatic rings. The van der Waals surface area contributed by atoms with E-state index in [-0.39, 0.29) is 0 Å². The van der Waals surface area contributed by atoms with Gasteiger partial charge in [0.15, 0.2) is 0 Å². The van der Waals surface area contributed by atoms with E-state index in [1.165, 1.54) is 0 Å². The summed E-state index contributed by atoms with van der Waals surface area (Å²) in [6.07, 6.45) is 4.37. The lowest BCUT2D eigenvalue weighted by Gasteiger charge is -2.09. The molecule has 5 nitrogen and oxygen atoms in total. The van der Waals surface area contributed by atoms with Gasteiger partial charge in [-0.1, -0.05) is 13.0 Å². The maximum Gasteiger partial charge on any atom is 0.218 e. The molecule has 2 rings (SSSR count). The highest BCUT2D eigenvalue weighted by atomic mass is 16.5. The summed E-state index contributed by atoms with van der Waals surface area (Å²) in [5.41, 5.74) is 1.11. The first kappa shape index (κ1) is 13.3. The summed E-state index contributed by atoms with van der Waals surface area (Å²) in [6, 6.07) is 5.75. The van der Waals surface area contributed by atoms with Crippen molar-refractivity contribution in [1.29, 1.82) is 0 Å². The number of ether oxygens (including phenoxy) is 1. The van der Waals surface area contributed by atoms with Crippen molar-refractivity contribution in [3.05, 3.63) is 42.0 Å². The Morgan fingerprint density at radius 2 is 2.16 bits per heavy atom. The van der Waals surface area contributed by atoms with Gasteiger partial charge in [0.1, 0.15) is 11.6 Å². The van der Waals surface area contributed by atoms with Crippen molar-refractivity contribution in [2.75, 3.05) is 11.9 Å². The van der Waals surface area contributed by atoms with Crippen molar-refractivity contribution in [2.45, 2.75) is 26.8 Å². The van der Waals surface area contributed by atoms with Crippen LogP contribution >= 0.6 is 0 Å². The topological polar surface area (TPSA) is 59.9 Å². The SMILES string of the molecule is CCOc1cc(NCc2cccnc2)nc(CC)n1. The zero-order valence-corrected chi connectivity index (χ0v) is 11.3. The summed E-state index contributed by atoms with van der Waals surface area (Å²) >= 11 is 0. The lowest BCUT2D eigenvalue weighted by molar-refractivity contribution is 0.325. The van der Waals surface area contributed by atoms with E-state index in [1.54, 1.807) is 6.20 Å². The van der Waals surface area contributed by atoms with Gasteiger partial charge < -0.3 is 10.1 Å². The lowest BCUT2D eigenvalue weighted by Crippen LogP contribution is -2.06. The third-order valence-electron chi connectivity index (χ3n) is 2.55. The number of nitrogens with one attached hydrogen (secondary N) is 1. The van der Waals surface area contributed by atoms with E-state index >= 15 is 0 Å². The third-order valence-corrected chi connectivity index (χ3v) is 2.55. The van der Waals surface area contributed by atoms with Crippen molar-refractivity contribution in [1.82, 2.24) is 15.0 Å². The highest BCUT2D eigenvalue weighted by Crippen LogP contribution is 2.14. The fraction of sp³-hybridized carbons (Fsp3) is 0.357. The molecule has 0 fully saturated rings. The molecule has 0 unspecified atom stereocenters. The van der Waals surface area contributed by atoms with Crippen LogP contribution in [0.4, 0.5) is 5.82 Å². The van der Waals surface area contributed by atoms with Crippen LogP contribution in [0, 0.1) is 0 Å². The smallest absolute Gasteiger partial charge is 0.218 e. The average Bonchev–Trinajstić information content (AvgIpc) is 2.46. The van der Waals surface area contributed by atoms with Crippen LogP contribution in [0.15, 0.2) is 30.6 Å². The van der Waals surface area contributed by atoms with E-state index < -0.39 is 0 Å². The quantitative estimate of drug-likeness (QED) is 0.862. The van der Waals surface area contributed by atoms with Gasteiger partial charge in [-0.25, -0.2) is 4.98 Å². The van der Waals surface area contributed by atoms with E-state index in [1.807, 2.05) is 38.2 Å². The molecule has 0 radical (unpaired) electrons. The monoisotopic (exact) mass is 258 g/mol. The molecular weight excluding hydrogens is 240 g/mol. The first-order valence-corrected chi connectivity index (χ1v) is 6.45. The van der Waals surface area contributed by atoms with E-state index in [0.717, 1.165) is 23.6 Å². The molecular formula is C14H18N4O. The van der Waals surface area contributed by atoms with Gasteiger partial charge in [-0.2, -0.15) is 4.98 Å². The van der Waals surface area contributed by atoms with Crippen LogP contribution in [0.3, 0.4) is 0 Å². The van der Waals surface area contributed by atoms with E-state index in [9.17, 15) is 0 Å². The second-order valence-electron chi connectivity index (χ2n) is 4.01. The molecule has 0 saturated carbocycles. The number of anilines is 1. The Hall–Kier alpha value is -2.17. The van der Waals surface area contributed by atoms with Gasteiger partial charge in [0.2, 0.25) is 5.88 Å². The highest BCUT2D eigenvalue weighted by molar-refractivity contribution is 5.39. The summed E-state index contributed by atoms with van der Waals surface area (Å²) in [6.45, 7) is 5.24. The second-order valence-corrected chi connectivity index (χ2v) is 4.01. The van der Waals surface area contributed by atoms with Gasteiger partial charge in [-0.15, -0.1) is 0 Å². The van der Waals surface area contributed by atoms with Crippen LogP contribution in [0.2, 0.25) is 0 Å². The number of nitrogens with zero attached hydrogens (tertiary/aromatic N) is 3. The molecule has 0 spiro atoms. The fourth-order valence-corrected chi connectivity index (χ4v) is 1.64. The van der Waals surface area contributed by atoms with Gasteiger partial charge in [0, 0.05) is 31.4 Å². The molecule has 5 heteroatoms. The number of hydrogen-bond donors (Lipinski definition) is 1. The molecule has 100 valence electrons. The van der Waals surface area contributed by atoms with E-state index in [0.29, 0.717) is 19.0 Å². The lowest BCUT2D eigenvalue weighted by atomic mass is 10.3. The van der Waals surface area contributed by atoms with Crippen LogP contribution in [-0.2, 0) is 13.0 Å². The Bertz CT molecular complexity index is 516. The molecule has 0 atom stereocenters. The maximum absolute atomic E-state index is 5.44. The molecule has 0 aliphatic heterocycles.